The number of hydrogen-bond donors (Lipinski definition) is 0. The molecule has 0 saturated carbocycles. The lowest BCUT2D eigenvalue weighted by Crippen LogP contribution is -2.14. The molecule has 10 rings (SSSR count). The van der Waals surface area contributed by atoms with Crippen molar-refractivity contribution >= 4 is 43.2 Å². The van der Waals surface area contributed by atoms with E-state index in [1.165, 1.54) is 93.5 Å². The van der Waals surface area contributed by atoms with Crippen LogP contribution in [0.1, 0.15) is 25.0 Å². The summed E-state index contributed by atoms with van der Waals surface area (Å²) in [6.07, 6.45) is 0. The number of aromatic nitrogens is 1. The zero-order chi connectivity index (χ0) is 30.6. The fourth-order valence-electron chi connectivity index (χ4n) is 8.50. The third-order valence-electron chi connectivity index (χ3n) is 10.5. The van der Waals surface area contributed by atoms with Gasteiger partial charge < -0.3 is 4.57 Å². The average Bonchev–Trinajstić information content (AvgIpc) is 3.58. The normalized spacial score (nSPS) is 13.6. The van der Waals surface area contributed by atoms with E-state index in [0.717, 1.165) is 0 Å². The van der Waals surface area contributed by atoms with E-state index in [1.54, 1.807) is 0 Å². The molecule has 1 aromatic heterocycles. The maximum Gasteiger partial charge on any atom is 0.0584 e. The van der Waals surface area contributed by atoms with Crippen molar-refractivity contribution in [2.45, 2.75) is 19.3 Å². The van der Waals surface area contributed by atoms with E-state index in [0.29, 0.717) is 0 Å². The van der Waals surface area contributed by atoms with E-state index in [-0.39, 0.29) is 5.41 Å². The molecule has 1 nitrogen and oxygen atoms in total. The number of benzene rings is 8. The van der Waals surface area contributed by atoms with Crippen molar-refractivity contribution in [1.29, 1.82) is 0 Å². The largest absolute Gasteiger partial charge is 0.309 e. The third-order valence-corrected chi connectivity index (χ3v) is 10.5. The summed E-state index contributed by atoms with van der Waals surface area (Å²) < 4.78 is 2.50. The van der Waals surface area contributed by atoms with Gasteiger partial charge in [0.15, 0.2) is 0 Å². The second-order valence-corrected chi connectivity index (χ2v) is 13.3. The summed E-state index contributed by atoms with van der Waals surface area (Å²) >= 11 is 0. The number of rotatable bonds is 3. The highest BCUT2D eigenvalue weighted by molar-refractivity contribution is 6.27. The molecule has 216 valence electrons. The molecule has 0 fully saturated rings. The van der Waals surface area contributed by atoms with Crippen molar-refractivity contribution in [3.05, 3.63) is 163 Å². The van der Waals surface area contributed by atoms with E-state index in [4.69, 9.17) is 0 Å². The molecule has 0 atom stereocenters. The van der Waals surface area contributed by atoms with Gasteiger partial charge in [0.1, 0.15) is 0 Å². The molecule has 0 aliphatic heterocycles. The summed E-state index contributed by atoms with van der Waals surface area (Å²) in [5, 5.41) is 9.21. The summed E-state index contributed by atoms with van der Waals surface area (Å²) in [7, 11) is 0. The highest BCUT2D eigenvalue weighted by atomic mass is 15.0. The second kappa shape index (κ2) is 9.19. The lowest BCUT2D eigenvalue weighted by molar-refractivity contribution is 0.666. The monoisotopic (exact) mass is 585 g/mol. The number of nitrogens with zero attached hydrogens (tertiary/aromatic N) is 1. The summed E-state index contributed by atoms with van der Waals surface area (Å²) in [6.45, 7) is 4.75. The van der Waals surface area contributed by atoms with Crippen molar-refractivity contribution < 1.29 is 0 Å². The van der Waals surface area contributed by atoms with Gasteiger partial charge in [-0.2, -0.15) is 0 Å². The van der Waals surface area contributed by atoms with Crippen LogP contribution in [0.25, 0.3) is 82.4 Å². The van der Waals surface area contributed by atoms with E-state index >= 15 is 0 Å². The van der Waals surface area contributed by atoms with Gasteiger partial charge >= 0.3 is 0 Å². The van der Waals surface area contributed by atoms with Crippen molar-refractivity contribution in [2.24, 2.45) is 0 Å². The molecule has 46 heavy (non-hydrogen) atoms. The van der Waals surface area contributed by atoms with Crippen LogP contribution in [0.15, 0.2) is 152 Å². The lowest BCUT2D eigenvalue weighted by Gasteiger charge is -2.21. The minimum atomic E-state index is -0.0704. The molecule has 0 radical (unpaired) electrons. The number of fused-ring (bicyclic) bond motifs is 5. The Morgan fingerprint density at radius 2 is 1.07 bits per heavy atom. The van der Waals surface area contributed by atoms with Crippen molar-refractivity contribution in [1.82, 2.24) is 4.57 Å². The minimum absolute atomic E-state index is 0.0704. The fraction of sp³-hybridized carbons (Fsp3) is 0.0667. The van der Waals surface area contributed by atoms with Crippen molar-refractivity contribution in [3.8, 4) is 39.2 Å². The quantitative estimate of drug-likeness (QED) is 0.182. The fourth-order valence-corrected chi connectivity index (χ4v) is 8.50. The summed E-state index contributed by atoms with van der Waals surface area (Å²) in [5.41, 5.74) is 12.9. The van der Waals surface area contributed by atoms with Crippen LogP contribution >= 0.6 is 0 Å². The van der Waals surface area contributed by atoms with Crippen LogP contribution in [-0.4, -0.2) is 4.57 Å². The second-order valence-electron chi connectivity index (χ2n) is 13.3. The van der Waals surface area contributed by atoms with Crippen LogP contribution in [0.5, 0.6) is 0 Å². The van der Waals surface area contributed by atoms with Gasteiger partial charge in [-0.05, 0) is 83.9 Å². The number of para-hydroxylation sites is 1. The van der Waals surface area contributed by atoms with Gasteiger partial charge in [0.25, 0.3) is 0 Å². The Bertz CT molecular complexity index is 2650. The first kappa shape index (κ1) is 25.6. The van der Waals surface area contributed by atoms with Crippen LogP contribution in [-0.2, 0) is 5.41 Å². The van der Waals surface area contributed by atoms with Crippen LogP contribution < -0.4 is 0 Å². The van der Waals surface area contributed by atoms with Gasteiger partial charge in [-0.3, -0.25) is 0 Å². The summed E-state index contributed by atoms with van der Waals surface area (Å²) in [6, 6.07) is 56.2. The molecule has 0 N–H and O–H groups in total. The smallest absolute Gasteiger partial charge is 0.0584 e. The summed E-state index contributed by atoms with van der Waals surface area (Å²) in [4.78, 5) is 0. The topological polar surface area (TPSA) is 4.93 Å². The van der Waals surface area contributed by atoms with Crippen LogP contribution in [0, 0.1) is 0 Å². The predicted octanol–water partition coefficient (Wildman–Crippen LogP) is 12.2. The zero-order valence-electron chi connectivity index (χ0n) is 25.9. The van der Waals surface area contributed by atoms with Gasteiger partial charge in [-0.15, -0.1) is 0 Å². The molecule has 1 aliphatic carbocycles. The van der Waals surface area contributed by atoms with Gasteiger partial charge in [0.05, 0.1) is 11.2 Å². The van der Waals surface area contributed by atoms with Crippen LogP contribution in [0.4, 0.5) is 0 Å². The first-order valence-electron chi connectivity index (χ1n) is 16.2. The molecule has 0 amide bonds. The van der Waals surface area contributed by atoms with Crippen LogP contribution in [0.2, 0.25) is 0 Å². The van der Waals surface area contributed by atoms with E-state index < -0.39 is 0 Å². The summed E-state index contributed by atoms with van der Waals surface area (Å²) in [5.74, 6) is 0. The maximum absolute atomic E-state index is 2.50. The molecule has 9 aromatic rings. The molecular weight excluding hydrogens is 555 g/mol. The Hall–Kier alpha value is -5.66. The molecule has 1 heterocycles. The van der Waals surface area contributed by atoms with Crippen molar-refractivity contribution in [2.75, 3.05) is 0 Å². The maximum atomic E-state index is 2.50. The first-order valence-corrected chi connectivity index (χ1v) is 16.2. The van der Waals surface area contributed by atoms with Gasteiger partial charge in [0, 0.05) is 22.1 Å². The highest BCUT2D eigenvalue weighted by Gasteiger charge is 2.40. The Balaban J connectivity index is 1.22. The lowest BCUT2D eigenvalue weighted by atomic mass is 9.81. The highest BCUT2D eigenvalue weighted by Crippen LogP contribution is 2.53. The third kappa shape index (κ3) is 3.35. The molecule has 8 aromatic carbocycles. The van der Waals surface area contributed by atoms with E-state index in [2.05, 4.69) is 170 Å². The zero-order valence-corrected chi connectivity index (χ0v) is 25.9. The van der Waals surface area contributed by atoms with E-state index in [1.807, 2.05) is 0 Å². The minimum Gasteiger partial charge on any atom is -0.309 e. The molecule has 0 saturated heterocycles. The molecule has 1 heteroatoms. The van der Waals surface area contributed by atoms with Gasteiger partial charge in [-0.25, -0.2) is 0 Å². The molecular formula is C45H31N. The Kier molecular flexibility index (Phi) is 5.12. The van der Waals surface area contributed by atoms with Gasteiger partial charge in [0.2, 0.25) is 0 Å². The Morgan fingerprint density at radius 3 is 1.83 bits per heavy atom. The molecule has 0 unspecified atom stereocenters. The van der Waals surface area contributed by atoms with E-state index in [9.17, 15) is 0 Å². The Labute approximate surface area is 268 Å². The molecule has 0 bridgehead atoms. The molecule has 0 spiro atoms. The van der Waals surface area contributed by atoms with Gasteiger partial charge in [-0.1, -0.05) is 147 Å². The SMILES string of the molecule is CC1(C)c2ccccc2-c2c1c1ccccc1n2-c1cccc(-c2ccc3ccc4c(-c5ccccc5)ccc5ccc2c3c54)c1. The van der Waals surface area contributed by atoms with Crippen LogP contribution in [0.3, 0.4) is 0 Å². The van der Waals surface area contributed by atoms with Crippen molar-refractivity contribution in [3.63, 3.8) is 0 Å². The Morgan fingerprint density at radius 1 is 0.457 bits per heavy atom. The first-order chi connectivity index (χ1) is 22.6. The predicted molar refractivity (Wildman–Crippen MR) is 195 cm³/mol. The standard InChI is InChI=1S/C45H31N/c1-45(2)39-17-8-6-15-37(39)44-43(45)38-16-7-9-18-40(38)46(44)32-14-10-13-31(27-32)34-24-20-30-21-25-35-33(28-11-4-3-5-12-28)23-19-29-22-26-36(34)42(30)41(29)35/h3-27H,1-2H3. The average molecular weight is 586 g/mol. The number of hydrogen-bond acceptors (Lipinski definition) is 0. The molecule has 1 aliphatic rings.